The number of hydrogen-bond donors (Lipinski definition) is 2. The minimum absolute atomic E-state index is 0.328. The summed E-state index contributed by atoms with van der Waals surface area (Å²) in [4.78, 5) is 26.9. The Morgan fingerprint density at radius 1 is 1.07 bits per heavy atom. The second-order valence-corrected chi connectivity index (χ2v) is 6.79. The van der Waals surface area contributed by atoms with Gasteiger partial charge in [0.25, 0.3) is 0 Å². The predicted molar refractivity (Wildman–Crippen MR) is 104 cm³/mol. The van der Waals surface area contributed by atoms with Crippen LogP contribution in [0.1, 0.15) is 31.7 Å². The molecule has 0 bridgehead atoms. The van der Waals surface area contributed by atoms with E-state index in [2.05, 4.69) is 10.6 Å². The number of benzene rings is 2. The molecule has 0 spiro atoms. The first-order valence-corrected chi connectivity index (χ1v) is 9.41. The Balaban J connectivity index is 1.71. The molecule has 3 rings (SSSR count). The number of fused-ring (bicyclic) bond motifs is 1. The number of halogens is 2. The Bertz CT molecular complexity index is 855. The van der Waals surface area contributed by atoms with Crippen molar-refractivity contribution in [2.45, 2.75) is 38.6 Å². The number of anilines is 2. The molecule has 2 aromatic carbocycles. The summed E-state index contributed by atoms with van der Waals surface area (Å²) < 4.78 is 26.6. The van der Waals surface area contributed by atoms with Crippen LogP contribution >= 0.6 is 0 Å². The van der Waals surface area contributed by atoms with Crippen molar-refractivity contribution in [3.05, 3.63) is 59.7 Å². The van der Waals surface area contributed by atoms with E-state index >= 15 is 0 Å². The molecule has 1 unspecified atom stereocenters. The molecule has 0 saturated heterocycles. The van der Waals surface area contributed by atoms with Crippen molar-refractivity contribution in [3.8, 4) is 0 Å². The van der Waals surface area contributed by atoms with Crippen molar-refractivity contribution in [1.82, 2.24) is 5.32 Å². The zero-order chi connectivity index (χ0) is 20.1. The van der Waals surface area contributed by atoms with Crippen LogP contribution < -0.4 is 15.5 Å². The molecule has 5 nitrogen and oxygen atoms in total. The van der Waals surface area contributed by atoms with Crippen molar-refractivity contribution in [2.24, 2.45) is 0 Å². The minimum atomic E-state index is -0.746. The van der Waals surface area contributed by atoms with Crippen LogP contribution in [0.2, 0.25) is 0 Å². The van der Waals surface area contributed by atoms with E-state index in [0.29, 0.717) is 30.8 Å². The van der Waals surface area contributed by atoms with Crippen LogP contribution in [0.25, 0.3) is 0 Å². The number of amides is 3. The summed E-state index contributed by atoms with van der Waals surface area (Å²) in [5, 5.41) is 5.44. The first kappa shape index (κ1) is 19.8. The van der Waals surface area contributed by atoms with Crippen molar-refractivity contribution in [2.75, 3.05) is 16.8 Å². The van der Waals surface area contributed by atoms with Gasteiger partial charge in [0.2, 0.25) is 5.91 Å². The third-order valence-corrected chi connectivity index (χ3v) is 4.79. The van der Waals surface area contributed by atoms with Crippen LogP contribution in [0, 0.1) is 11.6 Å². The lowest BCUT2D eigenvalue weighted by Gasteiger charge is -2.26. The summed E-state index contributed by atoms with van der Waals surface area (Å²) in [7, 11) is 0. The van der Waals surface area contributed by atoms with E-state index in [1.54, 1.807) is 17.9 Å². The van der Waals surface area contributed by atoms with Crippen LogP contribution in [-0.2, 0) is 11.2 Å². The maximum absolute atomic E-state index is 13.6. The van der Waals surface area contributed by atoms with E-state index in [0.717, 1.165) is 18.4 Å². The number of aryl methyl sites for hydroxylation is 1. The molecule has 0 aromatic heterocycles. The van der Waals surface area contributed by atoms with Gasteiger partial charge < -0.3 is 10.6 Å². The summed E-state index contributed by atoms with van der Waals surface area (Å²) in [6, 6.07) is 8.69. The molecule has 2 N–H and O–H groups in total. The number of nitrogens with zero attached hydrogens (tertiary/aromatic N) is 1. The topological polar surface area (TPSA) is 61.4 Å². The SMILES string of the molecule is CCC(NC(=O)N1CCCCc2cc(F)ccc21)C(=O)Nc1ccc(F)cc1. The summed E-state index contributed by atoms with van der Waals surface area (Å²) in [6.45, 7) is 2.29. The fourth-order valence-electron chi connectivity index (χ4n) is 3.28. The molecule has 1 heterocycles. The number of hydrogen-bond acceptors (Lipinski definition) is 2. The van der Waals surface area contributed by atoms with Gasteiger partial charge >= 0.3 is 6.03 Å². The normalized spacial score (nSPS) is 14.6. The average molecular weight is 387 g/mol. The summed E-state index contributed by atoms with van der Waals surface area (Å²) >= 11 is 0. The van der Waals surface area contributed by atoms with E-state index in [-0.39, 0.29) is 11.7 Å². The van der Waals surface area contributed by atoms with Crippen molar-refractivity contribution >= 4 is 23.3 Å². The Morgan fingerprint density at radius 2 is 1.79 bits per heavy atom. The van der Waals surface area contributed by atoms with E-state index in [1.807, 2.05) is 0 Å². The highest BCUT2D eigenvalue weighted by atomic mass is 19.1. The number of carbonyl (C=O) groups is 2. The molecular formula is C21H23F2N3O2. The van der Waals surface area contributed by atoms with Gasteiger partial charge in [-0.2, -0.15) is 0 Å². The molecule has 3 amide bonds. The number of urea groups is 1. The number of rotatable bonds is 4. The van der Waals surface area contributed by atoms with Crippen molar-refractivity contribution in [1.29, 1.82) is 0 Å². The molecule has 28 heavy (non-hydrogen) atoms. The molecule has 2 aromatic rings. The Labute approximate surface area is 162 Å². The fraction of sp³-hybridized carbons (Fsp3) is 0.333. The second-order valence-electron chi connectivity index (χ2n) is 6.79. The van der Waals surface area contributed by atoms with Crippen LogP contribution in [0.4, 0.5) is 25.0 Å². The standard InChI is InChI=1S/C21H23F2N3O2/c1-2-18(20(27)24-17-9-6-15(22)7-10-17)25-21(28)26-12-4-3-5-14-13-16(23)8-11-19(14)26/h6-11,13,18H,2-5,12H2,1H3,(H,24,27)(H,25,28). The first-order valence-electron chi connectivity index (χ1n) is 9.41. The van der Waals surface area contributed by atoms with Crippen LogP contribution in [0.3, 0.4) is 0 Å². The molecule has 1 aliphatic rings. The molecule has 7 heteroatoms. The lowest BCUT2D eigenvalue weighted by atomic mass is 10.1. The first-order chi connectivity index (χ1) is 13.5. The van der Waals surface area contributed by atoms with E-state index in [9.17, 15) is 18.4 Å². The van der Waals surface area contributed by atoms with Gasteiger partial charge in [-0.15, -0.1) is 0 Å². The van der Waals surface area contributed by atoms with Crippen LogP contribution in [0.15, 0.2) is 42.5 Å². The van der Waals surface area contributed by atoms with Gasteiger partial charge in [-0.3, -0.25) is 9.69 Å². The van der Waals surface area contributed by atoms with Crippen molar-refractivity contribution in [3.63, 3.8) is 0 Å². The van der Waals surface area contributed by atoms with Gasteiger partial charge in [0.05, 0.1) is 0 Å². The van der Waals surface area contributed by atoms with E-state index < -0.39 is 17.9 Å². The third-order valence-electron chi connectivity index (χ3n) is 4.79. The molecule has 0 fully saturated rings. The quantitative estimate of drug-likeness (QED) is 0.825. The predicted octanol–water partition coefficient (Wildman–Crippen LogP) is 4.23. The summed E-state index contributed by atoms with van der Waals surface area (Å²) in [6.07, 6.45) is 2.76. The lowest BCUT2D eigenvalue weighted by molar-refractivity contribution is -0.118. The summed E-state index contributed by atoms with van der Waals surface area (Å²) in [5.41, 5.74) is 1.91. The highest BCUT2D eigenvalue weighted by Gasteiger charge is 2.26. The summed E-state index contributed by atoms with van der Waals surface area (Å²) in [5.74, 6) is -1.10. The highest BCUT2D eigenvalue weighted by Crippen LogP contribution is 2.27. The maximum atomic E-state index is 13.6. The van der Waals surface area contributed by atoms with Crippen LogP contribution in [-0.4, -0.2) is 24.5 Å². The van der Waals surface area contributed by atoms with E-state index in [4.69, 9.17) is 0 Å². The smallest absolute Gasteiger partial charge is 0.322 e. The lowest BCUT2D eigenvalue weighted by Crippen LogP contribution is -2.49. The zero-order valence-corrected chi connectivity index (χ0v) is 15.7. The minimum Gasteiger partial charge on any atom is -0.326 e. The van der Waals surface area contributed by atoms with Gasteiger partial charge in [-0.1, -0.05) is 6.92 Å². The molecule has 148 valence electrons. The zero-order valence-electron chi connectivity index (χ0n) is 15.7. The monoisotopic (exact) mass is 387 g/mol. The molecule has 0 aliphatic carbocycles. The fourth-order valence-corrected chi connectivity index (χ4v) is 3.28. The molecule has 0 radical (unpaired) electrons. The number of nitrogens with one attached hydrogen (secondary N) is 2. The van der Waals surface area contributed by atoms with Gasteiger partial charge in [0.1, 0.15) is 17.7 Å². The Morgan fingerprint density at radius 3 is 2.50 bits per heavy atom. The van der Waals surface area contributed by atoms with Gasteiger partial charge in [0.15, 0.2) is 0 Å². The Kier molecular flexibility index (Phi) is 6.23. The van der Waals surface area contributed by atoms with E-state index in [1.165, 1.54) is 36.4 Å². The van der Waals surface area contributed by atoms with Gasteiger partial charge in [-0.25, -0.2) is 13.6 Å². The van der Waals surface area contributed by atoms with Gasteiger partial charge in [0, 0.05) is 17.9 Å². The third kappa shape index (κ3) is 4.65. The molecular weight excluding hydrogens is 364 g/mol. The van der Waals surface area contributed by atoms with Crippen molar-refractivity contribution < 1.29 is 18.4 Å². The molecule has 0 saturated carbocycles. The maximum Gasteiger partial charge on any atom is 0.322 e. The van der Waals surface area contributed by atoms with Crippen LogP contribution in [0.5, 0.6) is 0 Å². The van der Waals surface area contributed by atoms with Gasteiger partial charge in [-0.05, 0) is 73.7 Å². The average Bonchev–Trinajstić information content (AvgIpc) is 2.89. The Hall–Kier alpha value is -2.96. The second kappa shape index (κ2) is 8.82. The number of carbonyl (C=O) groups excluding carboxylic acids is 2. The molecule has 1 aliphatic heterocycles. The largest absolute Gasteiger partial charge is 0.326 e. The highest BCUT2D eigenvalue weighted by molar-refractivity contribution is 6.00. The molecule has 1 atom stereocenters.